The smallest absolute Gasteiger partial charge is 0.232 e. The molecule has 0 amide bonds. The molecular weight excluding hydrogens is 282 g/mol. The third-order valence-corrected chi connectivity index (χ3v) is 3.12. The molecule has 0 saturated heterocycles. The Bertz CT molecular complexity index is 771. The van der Waals surface area contributed by atoms with Crippen LogP contribution in [0.1, 0.15) is 11.6 Å². The molecule has 3 aromatic rings. The van der Waals surface area contributed by atoms with Crippen molar-refractivity contribution < 1.29 is 14.0 Å². The van der Waals surface area contributed by atoms with E-state index in [1.807, 2.05) is 36.4 Å². The molecule has 0 fully saturated rings. The largest absolute Gasteiger partial charge is 0.497 e. The molecule has 6 heteroatoms. The number of aromatic nitrogens is 3. The molecule has 2 aromatic heterocycles. The summed E-state index contributed by atoms with van der Waals surface area (Å²) < 4.78 is 15.6. The van der Waals surface area contributed by atoms with Crippen molar-refractivity contribution in [3.05, 3.63) is 54.0 Å². The summed E-state index contributed by atoms with van der Waals surface area (Å²) in [5, 5.41) is 4.00. The summed E-state index contributed by atoms with van der Waals surface area (Å²) in [6.45, 7) is 0. The topological polar surface area (TPSA) is 70.3 Å². The van der Waals surface area contributed by atoms with E-state index < -0.39 is 0 Å². The molecule has 22 heavy (non-hydrogen) atoms. The first-order valence-electron chi connectivity index (χ1n) is 6.75. The predicted octanol–water partition coefficient (Wildman–Crippen LogP) is 2.74. The molecule has 0 bridgehead atoms. The van der Waals surface area contributed by atoms with Crippen LogP contribution in [0.15, 0.2) is 47.0 Å². The number of hydrogen-bond acceptors (Lipinski definition) is 6. The summed E-state index contributed by atoms with van der Waals surface area (Å²) in [6.07, 6.45) is 0.453. The summed E-state index contributed by atoms with van der Waals surface area (Å²) in [5.74, 6) is 2.33. The lowest BCUT2D eigenvalue weighted by Gasteiger charge is -2.00. The van der Waals surface area contributed by atoms with E-state index >= 15 is 0 Å². The van der Waals surface area contributed by atoms with Crippen LogP contribution >= 0.6 is 0 Å². The fourth-order valence-electron chi connectivity index (χ4n) is 2.03. The maximum absolute atomic E-state index is 5.29. The molecule has 0 saturated carbocycles. The molecule has 0 aliphatic carbocycles. The monoisotopic (exact) mass is 297 g/mol. The van der Waals surface area contributed by atoms with Gasteiger partial charge in [0.2, 0.25) is 17.6 Å². The Kier molecular flexibility index (Phi) is 4.00. The Hall–Kier alpha value is -2.89. The van der Waals surface area contributed by atoms with Crippen LogP contribution in [0.3, 0.4) is 0 Å². The zero-order chi connectivity index (χ0) is 15.4. The highest BCUT2D eigenvalue weighted by Crippen LogP contribution is 2.21. The minimum Gasteiger partial charge on any atom is -0.497 e. The van der Waals surface area contributed by atoms with Crippen LogP contribution in [0.25, 0.3) is 11.4 Å². The van der Waals surface area contributed by atoms with Crippen LogP contribution in [0.5, 0.6) is 11.6 Å². The molecule has 0 atom stereocenters. The van der Waals surface area contributed by atoms with Gasteiger partial charge in [0.05, 0.1) is 26.3 Å². The first-order chi connectivity index (χ1) is 10.8. The molecule has 1 aromatic carbocycles. The highest BCUT2D eigenvalue weighted by Gasteiger charge is 2.11. The SMILES string of the molecule is COc1cccc(-c2noc(Cc3cccc(OC)n3)n2)c1. The van der Waals surface area contributed by atoms with Gasteiger partial charge in [0, 0.05) is 11.6 Å². The summed E-state index contributed by atoms with van der Waals surface area (Å²) in [7, 11) is 3.20. The molecule has 0 radical (unpaired) electrons. The Morgan fingerprint density at radius 3 is 2.68 bits per heavy atom. The summed E-state index contributed by atoms with van der Waals surface area (Å²) >= 11 is 0. The lowest BCUT2D eigenvalue weighted by molar-refractivity contribution is 0.381. The molecule has 0 aliphatic rings. The highest BCUT2D eigenvalue weighted by molar-refractivity contribution is 5.56. The molecule has 0 unspecified atom stereocenters. The van der Waals surface area contributed by atoms with E-state index in [9.17, 15) is 0 Å². The summed E-state index contributed by atoms with van der Waals surface area (Å²) in [6, 6.07) is 13.1. The van der Waals surface area contributed by atoms with E-state index in [2.05, 4.69) is 15.1 Å². The number of nitrogens with zero attached hydrogens (tertiary/aromatic N) is 3. The third kappa shape index (κ3) is 3.06. The second kappa shape index (κ2) is 6.26. The van der Waals surface area contributed by atoms with Crippen LogP contribution < -0.4 is 9.47 Å². The molecule has 0 spiro atoms. The van der Waals surface area contributed by atoms with Crippen molar-refractivity contribution in [3.8, 4) is 23.0 Å². The Balaban J connectivity index is 1.81. The maximum atomic E-state index is 5.29. The normalized spacial score (nSPS) is 10.5. The fourth-order valence-corrected chi connectivity index (χ4v) is 2.03. The van der Waals surface area contributed by atoms with Gasteiger partial charge in [-0.25, -0.2) is 4.98 Å². The van der Waals surface area contributed by atoms with E-state index in [0.717, 1.165) is 17.0 Å². The molecule has 112 valence electrons. The molecular formula is C16H15N3O3. The van der Waals surface area contributed by atoms with Crippen molar-refractivity contribution in [3.63, 3.8) is 0 Å². The van der Waals surface area contributed by atoms with Crippen molar-refractivity contribution in [2.24, 2.45) is 0 Å². The van der Waals surface area contributed by atoms with Crippen LogP contribution in [0.2, 0.25) is 0 Å². The third-order valence-electron chi connectivity index (χ3n) is 3.12. The minimum atomic E-state index is 0.453. The van der Waals surface area contributed by atoms with Gasteiger partial charge in [-0.05, 0) is 18.2 Å². The number of methoxy groups -OCH3 is 2. The van der Waals surface area contributed by atoms with E-state index in [4.69, 9.17) is 14.0 Å². The fraction of sp³-hybridized carbons (Fsp3) is 0.188. The van der Waals surface area contributed by atoms with Crippen LogP contribution in [-0.2, 0) is 6.42 Å². The van der Waals surface area contributed by atoms with Crippen molar-refractivity contribution in [1.82, 2.24) is 15.1 Å². The Morgan fingerprint density at radius 2 is 1.86 bits per heavy atom. The number of pyridine rings is 1. The van der Waals surface area contributed by atoms with Gasteiger partial charge in [0.15, 0.2) is 0 Å². The Morgan fingerprint density at radius 1 is 1.00 bits per heavy atom. The van der Waals surface area contributed by atoms with Crippen molar-refractivity contribution in [2.45, 2.75) is 6.42 Å². The molecule has 2 heterocycles. The van der Waals surface area contributed by atoms with Gasteiger partial charge in [-0.3, -0.25) is 0 Å². The number of benzene rings is 1. The quantitative estimate of drug-likeness (QED) is 0.721. The van der Waals surface area contributed by atoms with Crippen molar-refractivity contribution in [2.75, 3.05) is 14.2 Å². The predicted molar refractivity (Wildman–Crippen MR) is 79.9 cm³/mol. The molecule has 0 N–H and O–H groups in total. The molecule has 6 nitrogen and oxygen atoms in total. The first kappa shape index (κ1) is 14.1. The average Bonchev–Trinajstić information content (AvgIpc) is 3.03. The number of ether oxygens (including phenoxy) is 2. The van der Waals surface area contributed by atoms with E-state index in [1.54, 1.807) is 20.3 Å². The van der Waals surface area contributed by atoms with Crippen molar-refractivity contribution in [1.29, 1.82) is 0 Å². The van der Waals surface area contributed by atoms with Gasteiger partial charge >= 0.3 is 0 Å². The summed E-state index contributed by atoms with van der Waals surface area (Å²) in [5.41, 5.74) is 1.65. The second-order valence-electron chi connectivity index (χ2n) is 4.59. The zero-order valence-electron chi connectivity index (χ0n) is 12.3. The van der Waals surface area contributed by atoms with Gasteiger partial charge in [-0.1, -0.05) is 23.4 Å². The van der Waals surface area contributed by atoms with E-state index in [0.29, 0.717) is 24.0 Å². The lowest BCUT2D eigenvalue weighted by Crippen LogP contribution is -1.95. The van der Waals surface area contributed by atoms with Gasteiger partial charge in [0.1, 0.15) is 5.75 Å². The van der Waals surface area contributed by atoms with E-state index in [-0.39, 0.29) is 0 Å². The first-order valence-corrected chi connectivity index (χ1v) is 6.75. The zero-order valence-corrected chi connectivity index (χ0v) is 12.3. The van der Waals surface area contributed by atoms with Gasteiger partial charge in [-0.2, -0.15) is 4.98 Å². The van der Waals surface area contributed by atoms with Crippen molar-refractivity contribution >= 4 is 0 Å². The standard InChI is InChI=1S/C16H15N3O3/c1-20-13-7-3-5-11(9-13)16-18-15(22-19-16)10-12-6-4-8-14(17-12)21-2/h3-9H,10H2,1-2H3. The lowest BCUT2D eigenvalue weighted by atomic mass is 10.2. The number of hydrogen-bond donors (Lipinski definition) is 0. The maximum Gasteiger partial charge on any atom is 0.232 e. The van der Waals surface area contributed by atoms with E-state index in [1.165, 1.54) is 0 Å². The second-order valence-corrected chi connectivity index (χ2v) is 4.59. The van der Waals surface area contributed by atoms with Gasteiger partial charge in [0.25, 0.3) is 0 Å². The van der Waals surface area contributed by atoms with Crippen LogP contribution in [0.4, 0.5) is 0 Å². The Labute approximate surface area is 127 Å². The minimum absolute atomic E-state index is 0.453. The average molecular weight is 297 g/mol. The molecule has 3 rings (SSSR count). The number of rotatable bonds is 5. The van der Waals surface area contributed by atoms with Gasteiger partial charge < -0.3 is 14.0 Å². The molecule has 0 aliphatic heterocycles. The van der Waals surface area contributed by atoms with Gasteiger partial charge in [-0.15, -0.1) is 0 Å². The van der Waals surface area contributed by atoms with Crippen LogP contribution in [0, 0.1) is 0 Å². The van der Waals surface area contributed by atoms with Crippen LogP contribution in [-0.4, -0.2) is 29.3 Å². The summed E-state index contributed by atoms with van der Waals surface area (Å²) in [4.78, 5) is 8.72. The highest BCUT2D eigenvalue weighted by atomic mass is 16.5.